The summed E-state index contributed by atoms with van der Waals surface area (Å²) in [4.78, 5) is 0. The molecule has 1 atom stereocenters. The molecule has 0 aliphatic heterocycles. The van der Waals surface area contributed by atoms with Gasteiger partial charge in [-0.2, -0.15) is 0 Å². The molecule has 1 unspecified atom stereocenters. The summed E-state index contributed by atoms with van der Waals surface area (Å²) in [7, 11) is 1.82. The number of ether oxygens (including phenoxy) is 1. The molecule has 1 aliphatic carbocycles. The Hall–Kier alpha value is -0.570. The van der Waals surface area contributed by atoms with Crippen molar-refractivity contribution in [2.75, 3.05) is 7.11 Å². The van der Waals surface area contributed by atoms with Crippen LogP contribution in [0.2, 0.25) is 5.02 Å². The van der Waals surface area contributed by atoms with Crippen molar-refractivity contribution < 1.29 is 4.74 Å². The number of hydrogen-bond acceptors (Lipinski definition) is 2. The SMILES string of the molecule is COC1CCC(NC(C)Cc2cccc(Cl)c2)CC1. The molecule has 1 N–H and O–H groups in total. The first-order chi connectivity index (χ1) is 9.17. The minimum Gasteiger partial charge on any atom is -0.381 e. The summed E-state index contributed by atoms with van der Waals surface area (Å²) in [6.45, 7) is 2.25. The van der Waals surface area contributed by atoms with Gasteiger partial charge in [-0.15, -0.1) is 0 Å². The van der Waals surface area contributed by atoms with Crippen LogP contribution < -0.4 is 5.32 Å². The lowest BCUT2D eigenvalue weighted by Gasteiger charge is -2.30. The van der Waals surface area contributed by atoms with Gasteiger partial charge < -0.3 is 10.1 Å². The molecule has 0 bridgehead atoms. The van der Waals surface area contributed by atoms with Crippen molar-refractivity contribution in [2.24, 2.45) is 0 Å². The Bertz CT molecular complexity index is 388. The van der Waals surface area contributed by atoms with Crippen molar-refractivity contribution in [3.8, 4) is 0 Å². The molecular weight excluding hydrogens is 258 g/mol. The lowest BCUT2D eigenvalue weighted by atomic mass is 9.92. The van der Waals surface area contributed by atoms with E-state index in [9.17, 15) is 0 Å². The van der Waals surface area contributed by atoms with Crippen LogP contribution in [0.15, 0.2) is 24.3 Å². The van der Waals surface area contributed by atoms with Gasteiger partial charge in [-0.3, -0.25) is 0 Å². The molecule has 1 aromatic rings. The molecule has 1 aromatic carbocycles. The zero-order valence-corrected chi connectivity index (χ0v) is 12.6. The summed E-state index contributed by atoms with van der Waals surface area (Å²) in [5.74, 6) is 0. The van der Waals surface area contributed by atoms with Gasteiger partial charge in [0.25, 0.3) is 0 Å². The van der Waals surface area contributed by atoms with Gasteiger partial charge in [0.15, 0.2) is 0 Å². The molecular formula is C16H24ClNO. The van der Waals surface area contributed by atoms with Crippen LogP contribution in [0, 0.1) is 0 Å². The predicted octanol–water partition coefficient (Wildman–Crippen LogP) is 3.82. The molecule has 0 spiro atoms. The summed E-state index contributed by atoms with van der Waals surface area (Å²) in [6, 6.07) is 9.28. The van der Waals surface area contributed by atoms with Crippen LogP contribution in [-0.4, -0.2) is 25.3 Å². The maximum atomic E-state index is 6.02. The molecule has 3 heteroatoms. The summed E-state index contributed by atoms with van der Waals surface area (Å²) in [5.41, 5.74) is 1.30. The van der Waals surface area contributed by atoms with E-state index >= 15 is 0 Å². The minimum atomic E-state index is 0.473. The number of methoxy groups -OCH3 is 1. The third kappa shape index (κ3) is 4.79. The van der Waals surface area contributed by atoms with E-state index in [2.05, 4.69) is 24.4 Å². The first-order valence-electron chi connectivity index (χ1n) is 7.20. The van der Waals surface area contributed by atoms with Crippen molar-refractivity contribution in [3.05, 3.63) is 34.9 Å². The van der Waals surface area contributed by atoms with Crippen molar-refractivity contribution >= 4 is 11.6 Å². The van der Waals surface area contributed by atoms with Gasteiger partial charge >= 0.3 is 0 Å². The number of nitrogens with one attached hydrogen (secondary N) is 1. The highest BCUT2D eigenvalue weighted by molar-refractivity contribution is 6.30. The Labute approximate surface area is 121 Å². The van der Waals surface area contributed by atoms with E-state index in [1.54, 1.807) is 0 Å². The van der Waals surface area contributed by atoms with E-state index in [1.807, 2.05) is 19.2 Å². The van der Waals surface area contributed by atoms with E-state index in [0.717, 1.165) is 11.4 Å². The molecule has 1 saturated carbocycles. The van der Waals surface area contributed by atoms with E-state index in [4.69, 9.17) is 16.3 Å². The van der Waals surface area contributed by atoms with Crippen LogP contribution in [-0.2, 0) is 11.2 Å². The Balaban J connectivity index is 1.77. The summed E-state index contributed by atoms with van der Waals surface area (Å²) in [6.07, 6.45) is 6.30. The molecule has 2 nitrogen and oxygen atoms in total. The van der Waals surface area contributed by atoms with Crippen LogP contribution in [0.3, 0.4) is 0 Å². The third-order valence-electron chi connectivity index (χ3n) is 3.96. The van der Waals surface area contributed by atoms with Gasteiger partial charge in [0.05, 0.1) is 6.10 Å². The summed E-state index contributed by atoms with van der Waals surface area (Å²) in [5, 5.41) is 4.56. The Morgan fingerprint density at radius 3 is 2.68 bits per heavy atom. The van der Waals surface area contributed by atoms with Gasteiger partial charge in [0.2, 0.25) is 0 Å². The largest absolute Gasteiger partial charge is 0.381 e. The smallest absolute Gasteiger partial charge is 0.0572 e. The predicted molar refractivity (Wildman–Crippen MR) is 80.8 cm³/mol. The molecule has 2 rings (SSSR count). The fourth-order valence-electron chi connectivity index (χ4n) is 2.94. The normalized spacial score (nSPS) is 25.2. The second-order valence-corrected chi connectivity index (χ2v) is 6.05. The molecule has 0 amide bonds. The Morgan fingerprint density at radius 1 is 1.32 bits per heavy atom. The van der Waals surface area contributed by atoms with Gasteiger partial charge in [-0.1, -0.05) is 23.7 Å². The van der Waals surface area contributed by atoms with Crippen molar-refractivity contribution in [1.82, 2.24) is 5.32 Å². The van der Waals surface area contributed by atoms with Crippen LogP contribution in [0.1, 0.15) is 38.2 Å². The van der Waals surface area contributed by atoms with E-state index < -0.39 is 0 Å². The highest BCUT2D eigenvalue weighted by atomic mass is 35.5. The lowest BCUT2D eigenvalue weighted by Crippen LogP contribution is -2.41. The minimum absolute atomic E-state index is 0.473. The number of benzene rings is 1. The zero-order valence-electron chi connectivity index (χ0n) is 11.9. The van der Waals surface area contributed by atoms with Crippen molar-refractivity contribution in [3.63, 3.8) is 0 Å². The molecule has 0 radical (unpaired) electrons. The van der Waals surface area contributed by atoms with E-state index in [1.165, 1.54) is 31.2 Å². The lowest BCUT2D eigenvalue weighted by molar-refractivity contribution is 0.0614. The number of halogens is 1. The molecule has 1 fully saturated rings. The molecule has 1 aliphatic rings. The Kier molecular flexibility index (Phi) is 5.68. The average molecular weight is 282 g/mol. The first kappa shape index (κ1) is 14.8. The van der Waals surface area contributed by atoms with Crippen molar-refractivity contribution in [2.45, 2.75) is 57.2 Å². The zero-order chi connectivity index (χ0) is 13.7. The quantitative estimate of drug-likeness (QED) is 0.886. The standard InChI is InChI=1S/C16H24ClNO/c1-12(10-13-4-3-5-14(17)11-13)18-15-6-8-16(19-2)9-7-15/h3-5,11-12,15-16,18H,6-10H2,1-2H3. The first-order valence-corrected chi connectivity index (χ1v) is 7.58. The molecule has 19 heavy (non-hydrogen) atoms. The van der Waals surface area contributed by atoms with Crippen LogP contribution in [0.4, 0.5) is 0 Å². The second-order valence-electron chi connectivity index (χ2n) is 5.61. The Morgan fingerprint density at radius 2 is 2.05 bits per heavy atom. The van der Waals surface area contributed by atoms with Crippen molar-refractivity contribution in [1.29, 1.82) is 0 Å². The van der Waals surface area contributed by atoms with Crippen LogP contribution >= 0.6 is 11.6 Å². The number of rotatable bonds is 5. The topological polar surface area (TPSA) is 21.3 Å². The van der Waals surface area contributed by atoms with E-state index in [-0.39, 0.29) is 0 Å². The number of hydrogen-bond donors (Lipinski definition) is 1. The second kappa shape index (κ2) is 7.28. The summed E-state index contributed by atoms with van der Waals surface area (Å²) < 4.78 is 5.41. The van der Waals surface area contributed by atoms with Gasteiger partial charge in [0, 0.05) is 24.2 Å². The molecule has 0 heterocycles. The molecule has 0 aromatic heterocycles. The van der Waals surface area contributed by atoms with Gasteiger partial charge in [-0.25, -0.2) is 0 Å². The molecule has 106 valence electrons. The van der Waals surface area contributed by atoms with Gasteiger partial charge in [0.1, 0.15) is 0 Å². The highest BCUT2D eigenvalue weighted by Crippen LogP contribution is 2.21. The third-order valence-corrected chi connectivity index (χ3v) is 4.19. The summed E-state index contributed by atoms with van der Waals surface area (Å²) >= 11 is 6.02. The van der Waals surface area contributed by atoms with Gasteiger partial charge in [-0.05, 0) is 56.7 Å². The van der Waals surface area contributed by atoms with Crippen LogP contribution in [0.25, 0.3) is 0 Å². The fourth-order valence-corrected chi connectivity index (χ4v) is 3.16. The van der Waals surface area contributed by atoms with Crippen LogP contribution in [0.5, 0.6) is 0 Å². The maximum absolute atomic E-state index is 6.02. The monoisotopic (exact) mass is 281 g/mol. The van der Waals surface area contributed by atoms with E-state index in [0.29, 0.717) is 18.2 Å². The maximum Gasteiger partial charge on any atom is 0.0572 e. The molecule has 0 saturated heterocycles. The fraction of sp³-hybridized carbons (Fsp3) is 0.625. The average Bonchev–Trinajstić information content (AvgIpc) is 2.39. The highest BCUT2D eigenvalue weighted by Gasteiger charge is 2.21.